The predicted molar refractivity (Wildman–Crippen MR) is 120 cm³/mol. The third-order valence-electron chi connectivity index (χ3n) is 6.44. The Morgan fingerprint density at radius 3 is 2.66 bits per heavy atom. The molecule has 2 aliphatic rings. The molecule has 0 aliphatic carbocycles. The van der Waals surface area contributed by atoms with E-state index in [2.05, 4.69) is 53.1 Å². The summed E-state index contributed by atoms with van der Waals surface area (Å²) in [6, 6.07) is 14.9. The number of aryl methyl sites for hydroxylation is 1. The molecule has 0 spiro atoms. The van der Waals surface area contributed by atoms with Crippen LogP contribution in [0.5, 0.6) is 0 Å². The van der Waals surface area contributed by atoms with E-state index in [9.17, 15) is 4.79 Å². The number of carbonyl (C=O) groups excluding carboxylic acids is 1. The lowest BCUT2D eigenvalue weighted by atomic mass is 9.99. The molecular weight excluding hydrogens is 380 g/mol. The van der Waals surface area contributed by atoms with Gasteiger partial charge in [-0.1, -0.05) is 48.9 Å². The Bertz CT molecular complexity index is 881. The molecule has 29 heavy (non-hydrogen) atoms. The fourth-order valence-corrected chi connectivity index (χ4v) is 4.93. The van der Waals surface area contributed by atoms with E-state index in [4.69, 9.17) is 11.6 Å². The fourth-order valence-electron chi connectivity index (χ4n) is 4.75. The van der Waals surface area contributed by atoms with Crippen LogP contribution in [0.2, 0.25) is 5.02 Å². The molecule has 2 saturated heterocycles. The van der Waals surface area contributed by atoms with Crippen molar-refractivity contribution in [3.8, 4) is 11.1 Å². The van der Waals surface area contributed by atoms with Gasteiger partial charge in [-0.3, -0.25) is 9.69 Å². The summed E-state index contributed by atoms with van der Waals surface area (Å²) in [6.45, 7) is 7.96. The second kappa shape index (κ2) is 8.89. The Morgan fingerprint density at radius 2 is 1.86 bits per heavy atom. The summed E-state index contributed by atoms with van der Waals surface area (Å²) in [6.07, 6.45) is 4.47. The lowest BCUT2D eigenvalue weighted by Crippen LogP contribution is -2.48. The third kappa shape index (κ3) is 4.67. The van der Waals surface area contributed by atoms with Crippen LogP contribution in [-0.4, -0.2) is 41.4 Å². The summed E-state index contributed by atoms with van der Waals surface area (Å²) in [7, 11) is 0. The van der Waals surface area contributed by atoms with Crippen LogP contribution in [0, 0.1) is 12.8 Å². The maximum Gasteiger partial charge on any atom is 0.239 e. The van der Waals surface area contributed by atoms with Crippen molar-refractivity contribution in [3.05, 3.63) is 58.6 Å². The number of nitrogens with zero attached hydrogens (tertiary/aromatic N) is 2. The normalized spacial score (nSPS) is 22.8. The van der Waals surface area contributed by atoms with Gasteiger partial charge in [0.15, 0.2) is 0 Å². The van der Waals surface area contributed by atoms with Crippen molar-refractivity contribution in [1.29, 1.82) is 0 Å². The number of piperidine rings is 1. The molecule has 0 bridgehead atoms. The van der Waals surface area contributed by atoms with Crippen LogP contribution in [-0.2, 0) is 11.3 Å². The Kier molecular flexibility index (Phi) is 6.26. The van der Waals surface area contributed by atoms with Crippen LogP contribution in [0.4, 0.5) is 0 Å². The fraction of sp³-hybridized carbons (Fsp3) is 0.480. The maximum absolute atomic E-state index is 13.2. The zero-order valence-corrected chi connectivity index (χ0v) is 18.3. The van der Waals surface area contributed by atoms with E-state index < -0.39 is 0 Å². The number of amides is 1. The van der Waals surface area contributed by atoms with Crippen LogP contribution >= 0.6 is 11.6 Å². The average Bonchev–Trinajstić information content (AvgIpc) is 3.17. The number of benzene rings is 2. The van der Waals surface area contributed by atoms with Gasteiger partial charge < -0.3 is 4.90 Å². The van der Waals surface area contributed by atoms with Crippen LogP contribution in [0.15, 0.2) is 42.5 Å². The van der Waals surface area contributed by atoms with Gasteiger partial charge in [0.1, 0.15) is 0 Å². The highest BCUT2D eigenvalue weighted by Gasteiger charge is 2.34. The minimum Gasteiger partial charge on any atom is -0.341 e. The molecule has 2 aromatic rings. The lowest BCUT2D eigenvalue weighted by molar-refractivity contribution is -0.137. The number of hydrogen-bond acceptors (Lipinski definition) is 2. The van der Waals surface area contributed by atoms with Crippen LogP contribution in [0.1, 0.15) is 43.7 Å². The molecule has 4 rings (SSSR count). The van der Waals surface area contributed by atoms with Gasteiger partial charge in [0.05, 0.1) is 6.04 Å². The van der Waals surface area contributed by atoms with Crippen molar-refractivity contribution < 1.29 is 4.79 Å². The van der Waals surface area contributed by atoms with E-state index in [0.717, 1.165) is 61.6 Å². The van der Waals surface area contributed by atoms with E-state index in [1.165, 1.54) is 17.5 Å². The van der Waals surface area contributed by atoms with E-state index in [1.807, 2.05) is 13.0 Å². The predicted octanol–water partition coefficient (Wildman–Crippen LogP) is 5.54. The Balaban J connectivity index is 1.48. The van der Waals surface area contributed by atoms with Crippen molar-refractivity contribution in [2.45, 2.75) is 52.1 Å². The number of hydrogen-bond donors (Lipinski definition) is 0. The Morgan fingerprint density at radius 1 is 1.07 bits per heavy atom. The number of halogens is 1. The third-order valence-corrected chi connectivity index (χ3v) is 6.84. The summed E-state index contributed by atoms with van der Waals surface area (Å²) in [4.78, 5) is 17.7. The van der Waals surface area contributed by atoms with Gasteiger partial charge in [0, 0.05) is 24.7 Å². The first-order chi connectivity index (χ1) is 14.0. The molecule has 0 radical (unpaired) electrons. The molecular formula is C25H31ClN2O. The summed E-state index contributed by atoms with van der Waals surface area (Å²) < 4.78 is 0. The zero-order valence-electron chi connectivity index (χ0n) is 17.5. The van der Waals surface area contributed by atoms with Crippen LogP contribution in [0.3, 0.4) is 0 Å². The lowest BCUT2D eigenvalue weighted by Gasteiger charge is -2.35. The van der Waals surface area contributed by atoms with Gasteiger partial charge in [-0.05, 0) is 79.5 Å². The molecule has 2 aliphatic heterocycles. The van der Waals surface area contributed by atoms with E-state index in [-0.39, 0.29) is 6.04 Å². The molecule has 0 aromatic heterocycles. The monoisotopic (exact) mass is 410 g/mol. The largest absolute Gasteiger partial charge is 0.341 e. The van der Waals surface area contributed by atoms with Crippen LogP contribution in [0.25, 0.3) is 11.1 Å². The Labute approximate surface area is 179 Å². The zero-order chi connectivity index (χ0) is 20.4. The summed E-state index contributed by atoms with van der Waals surface area (Å²) in [5.74, 6) is 0.969. The second-order valence-corrected chi connectivity index (χ2v) is 9.23. The van der Waals surface area contributed by atoms with E-state index in [1.54, 1.807) is 0 Å². The molecule has 2 aromatic carbocycles. The molecule has 2 unspecified atom stereocenters. The highest BCUT2D eigenvalue weighted by atomic mass is 35.5. The quantitative estimate of drug-likeness (QED) is 0.660. The molecule has 2 atom stereocenters. The summed E-state index contributed by atoms with van der Waals surface area (Å²) >= 11 is 6.33. The topological polar surface area (TPSA) is 23.6 Å². The van der Waals surface area contributed by atoms with Crippen molar-refractivity contribution >= 4 is 17.5 Å². The number of carbonyl (C=O) groups is 1. The first kappa shape index (κ1) is 20.4. The number of likely N-dealkylation sites (tertiary alicyclic amines) is 2. The van der Waals surface area contributed by atoms with E-state index in [0.29, 0.717) is 11.8 Å². The van der Waals surface area contributed by atoms with Gasteiger partial charge in [-0.15, -0.1) is 0 Å². The van der Waals surface area contributed by atoms with E-state index >= 15 is 0 Å². The first-order valence-electron chi connectivity index (χ1n) is 10.9. The minimum atomic E-state index is 0.0396. The molecule has 154 valence electrons. The van der Waals surface area contributed by atoms with Crippen molar-refractivity contribution in [2.24, 2.45) is 5.92 Å². The molecule has 3 nitrogen and oxygen atoms in total. The average molecular weight is 411 g/mol. The van der Waals surface area contributed by atoms with Gasteiger partial charge >= 0.3 is 0 Å². The highest BCUT2D eigenvalue weighted by Crippen LogP contribution is 2.28. The van der Waals surface area contributed by atoms with Gasteiger partial charge in [-0.2, -0.15) is 0 Å². The first-order valence-corrected chi connectivity index (χ1v) is 11.3. The SMILES string of the molecule is Cc1ccc(-c2cccc(CN3CCCC3C(=O)N3CCCC(C)C3)c2)cc1Cl. The van der Waals surface area contributed by atoms with Crippen molar-refractivity contribution in [2.75, 3.05) is 19.6 Å². The van der Waals surface area contributed by atoms with Crippen molar-refractivity contribution in [3.63, 3.8) is 0 Å². The van der Waals surface area contributed by atoms with Gasteiger partial charge in [0.25, 0.3) is 0 Å². The molecule has 0 N–H and O–H groups in total. The number of rotatable bonds is 4. The highest BCUT2D eigenvalue weighted by molar-refractivity contribution is 6.31. The smallest absolute Gasteiger partial charge is 0.239 e. The second-order valence-electron chi connectivity index (χ2n) is 8.82. The molecule has 1 amide bonds. The standard InChI is InChI=1S/C25H31ClN2O/c1-18-6-4-13-28(16-18)25(29)24-9-5-12-27(24)17-20-7-3-8-21(14-20)22-11-10-19(2)23(26)15-22/h3,7-8,10-11,14-15,18,24H,4-6,9,12-13,16-17H2,1-2H3. The van der Waals surface area contributed by atoms with Gasteiger partial charge in [0.2, 0.25) is 5.91 Å². The molecule has 2 fully saturated rings. The maximum atomic E-state index is 13.2. The summed E-state index contributed by atoms with van der Waals surface area (Å²) in [5, 5.41) is 0.800. The minimum absolute atomic E-state index is 0.0396. The molecule has 2 heterocycles. The van der Waals surface area contributed by atoms with Crippen LogP contribution < -0.4 is 0 Å². The Hall–Kier alpha value is -1.84. The van der Waals surface area contributed by atoms with Gasteiger partial charge in [-0.25, -0.2) is 0 Å². The molecule has 0 saturated carbocycles. The van der Waals surface area contributed by atoms with Crippen molar-refractivity contribution in [1.82, 2.24) is 9.80 Å². The molecule has 4 heteroatoms. The summed E-state index contributed by atoms with van der Waals surface area (Å²) in [5.41, 5.74) is 4.66.